The Hall–Kier alpha value is -2.98. The van der Waals surface area contributed by atoms with E-state index in [-0.39, 0.29) is 6.03 Å². The van der Waals surface area contributed by atoms with Crippen molar-refractivity contribution in [2.24, 2.45) is 7.05 Å². The van der Waals surface area contributed by atoms with Crippen LogP contribution in [0.5, 0.6) is 5.75 Å². The van der Waals surface area contributed by atoms with Gasteiger partial charge in [0.15, 0.2) is 0 Å². The number of nitrogens with zero attached hydrogens (tertiary/aromatic N) is 4. The minimum absolute atomic E-state index is 0.230. The van der Waals surface area contributed by atoms with Crippen LogP contribution in [0.4, 0.5) is 18.0 Å². The van der Waals surface area contributed by atoms with E-state index in [9.17, 15) is 22.8 Å². The second kappa shape index (κ2) is 8.80. The fourth-order valence-corrected chi connectivity index (χ4v) is 3.47. The van der Waals surface area contributed by atoms with E-state index in [0.717, 1.165) is 23.0 Å². The Kier molecular flexibility index (Phi) is 6.37. The molecule has 2 aromatic rings. The fraction of sp³-hybridized carbons (Fsp3) is 0.526. The van der Waals surface area contributed by atoms with Crippen molar-refractivity contribution in [1.29, 1.82) is 0 Å². The summed E-state index contributed by atoms with van der Waals surface area (Å²) in [6, 6.07) is 6.86. The Labute approximate surface area is 171 Å². The van der Waals surface area contributed by atoms with Crippen molar-refractivity contribution in [1.82, 2.24) is 24.6 Å². The van der Waals surface area contributed by atoms with E-state index in [1.165, 1.54) is 0 Å². The number of piperidine rings is 1. The second-order valence-corrected chi connectivity index (χ2v) is 7.16. The molecule has 1 aliphatic heterocycles. The van der Waals surface area contributed by atoms with Crippen LogP contribution >= 0.6 is 0 Å². The maximum Gasteiger partial charge on any atom is 0.451 e. The SMILES string of the molecule is COc1ccc(CCNC(=O)N2CCC(n3nc(C(F)(F)F)n(C)c3=O)CC2)cc1. The van der Waals surface area contributed by atoms with Gasteiger partial charge in [-0.3, -0.25) is 4.57 Å². The molecule has 8 nitrogen and oxygen atoms in total. The van der Waals surface area contributed by atoms with E-state index in [4.69, 9.17) is 4.74 Å². The molecule has 11 heteroatoms. The van der Waals surface area contributed by atoms with Gasteiger partial charge in [-0.25, -0.2) is 14.3 Å². The maximum atomic E-state index is 13.0. The number of benzene rings is 1. The summed E-state index contributed by atoms with van der Waals surface area (Å²) < 4.78 is 45.4. The van der Waals surface area contributed by atoms with Crippen molar-refractivity contribution in [3.63, 3.8) is 0 Å². The molecule has 2 amide bonds. The molecule has 0 aliphatic carbocycles. The van der Waals surface area contributed by atoms with Gasteiger partial charge in [-0.05, 0) is 37.0 Å². The van der Waals surface area contributed by atoms with Crippen molar-refractivity contribution >= 4 is 6.03 Å². The molecule has 1 N–H and O–H groups in total. The highest BCUT2D eigenvalue weighted by molar-refractivity contribution is 5.74. The van der Waals surface area contributed by atoms with Crippen LogP contribution in [-0.2, 0) is 19.6 Å². The second-order valence-electron chi connectivity index (χ2n) is 7.16. The number of alkyl halides is 3. The van der Waals surface area contributed by atoms with Gasteiger partial charge in [-0.15, -0.1) is 5.10 Å². The van der Waals surface area contributed by atoms with E-state index >= 15 is 0 Å². The molecule has 1 aliphatic rings. The summed E-state index contributed by atoms with van der Waals surface area (Å²) in [5, 5.41) is 6.33. The van der Waals surface area contributed by atoms with Gasteiger partial charge in [-0.1, -0.05) is 12.1 Å². The molecule has 0 radical (unpaired) electrons. The van der Waals surface area contributed by atoms with Gasteiger partial charge >= 0.3 is 17.9 Å². The molecule has 164 valence electrons. The monoisotopic (exact) mass is 427 g/mol. The Morgan fingerprint density at radius 3 is 2.40 bits per heavy atom. The third-order valence-electron chi connectivity index (χ3n) is 5.20. The Morgan fingerprint density at radius 1 is 1.23 bits per heavy atom. The summed E-state index contributed by atoms with van der Waals surface area (Å²) in [6.07, 6.45) is -3.31. The number of hydrogen-bond acceptors (Lipinski definition) is 4. The lowest BCUT2D eigenvalue weighted by atomic mass is 10.1. The number of halogens is 3. The predicted molar refractivity (Wildman–Crippen MR) is 102 cm³/mol. The standard InChI is InChI=1S/C19H24F3N5O3/c1-25-16(19(20,21)22)24-27(18(25)29)14-8-11-26(12-9-14)17(28)23-10-7-13-3-5-15(30-2)6-4-13/h3-6,14H,7-12H2,1-2H3,(H,23,28). The van der Waals surface area contributed by atoms with Gasteiger partial charge in [0.25, 0.3) is 0 Å². The number of urea groups is 1. The Balaban J connectivity index is 1.50. The van der Waals surface area contributed by atoms with Crippen molar-refractivity contribution in [2.45, 2.75) is 31.5 Å². The number of hydrogen-bond donors (Lipinski definition) is 1. The van der Waals surface area contributed by atoms with Gasteiger partial charge in [0, 0.05) is 26.7 Å². The summed E-state index contributed by atoms with van der Waals surface area (Å²) >= 11 is 0. The van der Waals surface area contributed by atoms with E-state index in [1.54, 1.807) is 12.0 Å². The topological polar surface area (TPSA) is 81.4 Å². The van der Waals surface area contributed by atoms with E-state index in [0.29, 0.717) is 43.5 Å². The zero-order chi connectivity index (χ0) is 21.9. The molecule has 1 aromatic heterocycles. The number of nitrogens with one attached hydrogen (secondary N) is 1. The van der Waals surface area contributed by atoms with Crippen LogP contribution in [0.15, 0.2) is 29.1 Å². The normalized spacial score (nSPS) is 15.3. The Bertz CT molecular complexity index is 928. The van der Waals surface area contributed by atoms with E-state index in [2.05, 4.69) is 10.4 Å². The number of methoxy groups -OCH3 is 1. The number of likely N-dealkylation sites (tertiary alicyclic amines) is 1. The van der Waals surface area contributed by atoms with Gasteiger partial charge < -0.3 is 15.0 Å². The first-order valence-electron chi connectivity index (χ1n) is 9.59. The van der Waals surface area contributed by atoms with Gasteiger partial charge in [0.2, 0.25) is 5.82 Å². The van der Waals surface area contributed by atoms with Crippen molar-refractivity contribution < 1.29 is 22.7 Å². The first-order valence-corrected chi connectivity index (χ1v) is 9.59. The molecule has 0 unspecified atom stereocenters. The number of aromatic nitrogens is 3. The minimum Gasteiger partial charge on any atom is -0.497 e. The van der Waals surface area contributed by atoms with Gasteiger partial charge in [0.05, 0.1) is 13.2 Å². The molecule has 30 heavy (non-hydrogen) atoms. The highest BCUT2D eigenvalue weighted by atomic mass is 19.4. The van der Waals surface area contributed by atoms with Crippen LogP contribution in [0.3, 0.4) is 0 Å². The van der Waals surface area contributed by atoms with E-state index < -0.39 is 23.7 Å². The first-order chi connectivity index (χ1) is 14.2. The minimum atomic E-state index is -4.69. The van der Waals surface area contributed by atoms with Crippen molar-refractivity contribution in [3.05, 3.63) is 46.1 Å². The predicted octanol–water partition coefficient (Wildman–Crippen LogP) is 2.20. The largest absolute Gasteiger partial charge is 0.497 e. The quantitative estimate of drug-likeness (QED) is 0.793. The summed E-state index contributed by atoms with van der Waals surface area (Å²) in [4.78, 5) is 26.1. The molecule has 0 atom stereocenters. The zero-order valence-corrected chi connectivity index (χ0v) is 16.8. The van der Waals surface area contributed by atoms with Crippen LogP contribution in [-0.4, -0.2) is 52.0 Å². The smallest absolute Gasteiger partial charge is 0.451 e. The molecule has 2 heterocycles. The lowest BCUT2D eigenvalue weighted by molar-refractivity contribution is -0.147. The van der Waals surface area contributed by atoms with Crippen LogP contribution in [0.25, 0.3) is 0 Å². The fourth-order valence-electron chi connectivity index (χ4n) is 3.47. The average Bonchev–Trinajstić information content (AvgIpc) is 3.03. The molecule has 1 saturated heterocycles. The Morgan fingerprint density at radius 2 is 1.87 bits per heavy atom. The van der Waals surface area contributed by atoms with Crippen LogP contribution in [0.2, 0.25) is 0 Å². The van der Waals surface area contributed by atoms with Gasteiger partial charge in [-0.2, -0.15) is 13.2 Å². The van der Waals surface area contributed by atoms with Crippen LogP contribution in [0.1, 0.15) is 30.3 Å². The maximum absolute atomic E-state index is 13.0. The number of carbonyl (C=O) groups is 1. The number of rotatable bonds is 5. The summed E-state index contributed by atoms with van der Waals surface area (Å²) in [5.74, 6) is -0.453. The molecular formula is C19H24F3N5O3. The molecule has 1 aromatic carbocycles. The lowest BCUT2D eigenvalue weighted by Crippen LogP contribution is -2.46. The van der Waals surface area contributed by atoms with Crippen molar-refractivity contribution in [2.75, 3.05) is 26.7 Å². The van der Waals surface area contributed by atoms with E-state index in [1.807, 2.05) is 24.3 Å². The highest BCUT2D eigenvalue weighted by Gasteiger charge is 2.39. The van der Waals surface area contributed by atoms with Crippen LogP contribution < -0.4 is 15.7 Å². The number of ether oxygens (including phenoxy) is 1. The lowest BCUT2D eigenvalue weighted by Gasteiger charge is -2.31. The number of carbonyl (C=O) groups excluding carboxylic acids is 1. The molecule has 0 saturated carbocycles. The molecular weight excluding hydrogens is 403 g/mol. The van der Waals surface area contributed by atoms with Gasteiger partial charge in [0.1, 0.15) is 5.75 Å². The first kappa shape index (κ1) is 21.7. The molecule has 0 bridgehead atoms. The van der Waals surface area contributed by atoms with Crippen molar-refractivity contribution in [3.8, 4) is 5.75 Å². The summed E-state index contributed by atoms with van der Waals surface area (Å²) in [6.45, 7) is 1.13. The molecule has 0 spiro atoms. The molecule has 1 fully saturated rings. The summed E-state index contributed by atoms with van der Waals surface area (Å²) in [7, 11) is 2.65. The highest BCUT2D eigenvalue weighted by Crippen LogP contribution is 2.28. The average molecular weight is 427 g/mol. The third-order valence-corrected chi connectivity index (χ3v) is 5.20. The number of amides is 2. The molecule has 3 rings (SSSR count). The summed E-state index contributed by atoms with van der Waals surface area (Å²) in [5.41, 5.74) is 0.259. The van der Waals surface area contributed by atoms with Crippen LogP contribution in [0, 0.1) is 0 Å². The third kappa shape index (κ3) is 4.77. The zero-order valence-electron chi connectivity index (χ0n) is 16.8.